The van der Waals surface area contributed by atoms with Crippen LogP contribution in [0.25, 0.3) is 0 Å². The average Bonchev–Trinajstić information content (AvgIpc) is 2.56. The summed E-state index contributed by atoms with van der Waals surface area (Å²) in [5.41, 5.74) is -1.08. The molecule has 2 aromatic rings. The normalized spacial score (nSPS) is 20.6. The molecule has 108 valence electrons. The molecule has 2 aromatic carbocycles. The van der Waals surface area contributed by atoms with E-state index in [0.29, 0.717) is 22.1 Å². The Bertz CT molecular complexity index is 630. The van der Waals surface area contributed by atoms with Crippen molar-refractivity contribution in [2.24, 2.45) is 0 Å². The van der Waals surface area contributed by atoms with Crippen molar-refractivity contribution in [2.75, 3.05) is 18.8 Å². The molecule has 21 heavy (non-hydrogen) atoms. The largest absolute Gasteiger partial charge is 0.497 e. The van der Waals surface area contributed by atoms with E-state index in [9.17, 15) is 10.5 Å². The number of rotatable bonds is 3. The fourth-order valence-electron chi connectivity index (χ4n) is 2.33. The summed E-state index contributed by atoms with van der Waals surface area (Å²) in [6.45, 7) is -0.191. The summed E-state index contributed by atoms with van der Waals surface area (Å²) < 4.78 is 10.6. The van der Waals surface area contributed by atoms with Crippen molar-refractivity contribution in [3.05, 3.63) is 54.1 Å². The second-order valence-electron chi connectivity index (χ2n) is 4.65. The minimum atomic E-state index is -1.75. The predicted molar refractivity (Wildman–Crippen MR) is 71.5 cm³/mol. The molecule has 2 radical (unpaired) electrons. The lowest BCUT2D eigenvalue weighted by atomic mass is 10.0. The van der Waals surface area contributed by atoms with Gasteiger partial charge in [-0.2, -0.15) is 9.95 Å². The van der Waals surface area contributed by atoms with Crippen LogP contribution in [0.5, 0.6) is 11.5 Å². The van der Waals surface area contributed by atoms with Gasteiger partial charge in [-0.3, -0.25) is 0 Å². The van der Waals surface area contributed by atoms with Gasteiger partial charge in [-0.1, -0.05) is 29.5 Å². The number of fused-ring (bicyclic) bond motifs is 1. The van der Waals surface area contributed by atoms with Crippen LogP contribution in [0.3, 0.4) is 0 Å². The van der Waals surface area contributed by atoms with Crippen LogP contribution in [-0.4, -0.2) is 13.7 Å². The lowest BCUT2D eigenvalue weighted by molar-refractivity contribution is -0.399. The fourth-order valence-corrected chi connectivity index (χ4v) is 2.33. The second-order valence-corrected chi connectivity index (χ2v) is 4.65. The quantitative estimate of drug-likeness (QED) is 0.642. The minimum Gasteiger partial charge on any atom is -0.497 e. The minimum absolute atomic E-state index is 0.191. The van der Waals surface area contributed by atoms with Gasteiger partial charge < -0.3 is 9.47 Å². The number of ether oxygens (including phenoxy) is 2. The Labute approximate surface area is 121 Å². The third kappa shape index (κ3) is 2.09. The lowest BCUT2D eigenvalue weighted by Gasteiger charge is -2.39. The van der Waals surface area contributed by atoms with E-state index < -0.39 is 5.72 Å². The molecule has 0 fully saturated rings. The number of methoxy groups -OCH3 is 1. The van der Waals surface area contributed by atoms with Crippen LogP contribution in [0.1, 0.15) is 5.56 Å². The highest BCUT2D eigenvalue weighted by atomic mass is 17.1. The molecule has 6 heteroatoms. The second kappa shape index (κ2) is 5.25. The van der Waals surface area contributed by atoms with Crippen molar-refractivity contribution >= 4 is 5.69 Å². The number of anilines is 1. The Hall–Kier alpha value is -2.28. The zero-order valence-electron chi connectivity index (χ0n) is 11.3. The molecule has 1 unspecified atom stereocenters. The summed E-state index contributed by atoms with van der Waals surface area (Å²) in [7, 11) is 1.54. The standard InChI is InChI=1S/C15H13NO5/c1-19-12-8-6-11(7-9-12)15(21-18)10-20-14-5-3-2-4-13(14)16(15)17/h2-9H,10H2,1H3. The Kier molecular flexibility index (Phi) is 3.42. The maximum absolute atomic E-state index is 12.6. The van der Waals surface area contributed by atoms with Crippen molar-refractivity contribution in [3.8, 4) is 11.5 Å². The molecule has 0 bridgehead atoms. The molecule has 1 atom stereocenters. The van der Waals surface area contributed by atoms with Gasteiger partial charge in [-0.25, -0.2) is 0 Å². The van der Waals surface area contributed by atoms with Gasteiger partial charge in [-0.05, 0) is 29.5 Å². The Morgan fingerprint density at radius 2 is 1.86 bits per heavy atom. The molecule has 1 heterocycles. The van der Waals surface area contributed by atoms with Gasteiger partial charge in [0.05, 0.1) is 7.11 Å². The smallest absolute Gasteiger partial charge is 0.263 e. The van der Waals surface area contributed by atoms with Gasteiger partial charge in [-0.15, -0.1) is 0 Å². The van der Waals surface area contributed by atoms with Crippen LogP contribution in [0.2, 0.25) is 0 Å². The molecule has 0 aliphatic carbocycles. The Balaban J connectivity index is 2.04. The van der Waals surface area contributed by atoms with E-state index >= 15 is 0 Å². The molecule has 0 aromatic heterocycles. The van der Waals surface area contributed by atoms with Crippen molar-refractivity contribution in [1.29, 1.82) is 0 Å². The molecule has 0 N–H and O–H groups in total. The number of hydroxylamine groups is 1. The topological polar surface area (TPSA) is 70.7 Å². The fraction of sp³-hybridized carbons (Fsp3) is 0.200. The van der Waals surface area contributed by atoms with E-state index in [0.717, 1.165) is 0 Å². The summed E-state index contributed by atoms with van der Waals surface area (Å²) in [6.07, 6.45) is 0. The average molecular weight is 287 g/mol. The summed E-state index contributed by atoms with van der Waals surface area (Å²) >= 11 is 0. The Morgan fingerprint density at radius 1 is 1.14 bits per heavy atom. The zero-order valence-corrected chi connectivity index (χ0v) is 11.3. The van der Waals surface area contributed by atoms with Crippen LogP contribution in [0, 0.1) is 0 Å². The Morgan fingerprint density at radius 3 is 2.52 bits per heavy atom. The molecule has 0 saturated carbocycles. The summed E-state index contributed by atoms with van der Waals surface area (Å²) in [6, 6.07) is 13.2. The van der Waals surface area contributed by atoms with E-state index in [1.807, 2.05) is 0 Å². The van der Waals surface area contributed by atoms with Gasteiger partial charge in [0.15, 0.2) is 0 Å². The first-order valence-electron chi connectivity index (χ1n) is 6.36. The van der Waals surface area contributed by atoms with E-state index in [2.05, 4.69) is 4.89 Å². The van der Waals surface area contributed by atoms with Crippen LogP contribution in [-0.2, 0) is 21.1 Å². The number of hydrogen-bond donors (Lipinski definition) is 0. The monoisotopic (exact) mass is 287 g/mol. The first kappa shape index (κ1) is 13.7. The highest BCUT2D eigenvalue weighted by molar-refractivity contribution is 5.60. The predicted octanol–water partition coefficient (Wildman–Crippen LogP) is 2.45. The van der Waals surface area contributed by atoms with Gasteiger partial charge in [0, 0.05) is 5.56 Å². The van der Waals surface area contributed by atoms with Gasteiger partial charge in [0.1, 0.15) is 23.8 Å². The molecule has 0 saturated heterocycles. The third-order valence-electron chi connectivity index (χ3n) is 3.51. The highest BCUT2D eigenvalue weighted by Gasteiger charge is 2.47. The zero-order chi connectivity index (χ0) is 14.9. The van der Waals surface area contributed by atoms with Crippen molar-refractivity contribution < 1.29 is 24.8 Å². The van der Waals surface area contributed by atoms with Crippen LogP contribution >= 0.6 is 0 Å². The van der Waals surface area contributed by atoms with Crippen LogP contribution in [0.4, 0.5) is 5.69 Å². The molecular weight excluding hydrogens is 274 g/mol. The first-order valence-corrected chi connectivity index (χ1v) is 6.36. The van der Waals surface area contributed by atoms with Gasteiger partial charge >= 0.3 is 0 Å². The number of hydrogen-bond acceptors (Lipinski definition) is 4. The lowest BCUT2D eigenvalue weighted by Crippen LogP contribution is -2.52. The number of para-hydroxylation sites is 2. The summed E-state index contributed by atoms with van der Waals surface area (Å²) in [5, 5.41) is 24.5. The number of nitrogens with zero attached hydrogens (tertiary/aromatic N) is 1. The van der Waals surface area contributed by atoms with E-state index in [-0.39, 0.29) is 12.3 Å². The molecule has 6 nitrogen and oxygen atoms in total. The van der Waals surface area contributed by atoms with E-state index in [4.69, 9.17) is 9.47 Å². The number of benzene rings is 2. The third-order valence-corrected chi connectivity index (χ3v) is 3.51. The molecule has 3 rings (SSSR count). The first-order chi connectivity index (χ1) is 10.2. The SMILES string of the molecule is COc1ccc(C2(O[O])COc3ccccc3N2[O])cc1. The molecule has 0 spiro atoms. The molecular formula is C15H13NO5. The summed E-state index contributed by atoms with van der Waals surface area (Å²) in [5.74, 6) is 1.04. The van der Waals surface area contributed by atoms with Gasteiger partial charge in [0.2, 0.25) is 0 Å². The van der Waals surface area contributed by atoms with Crippen molar-refractivity contribution in [3.63, 3.8) is 0 Å². The van der Waals surface area contributed by atoms with Crippen molar-refractivity contribution in [1.82, 2.24) is 0 Å². The van der Waals surface area contributed by atoms with Crippen LogP contribution in [0.15, 0.2) is 48.5 Å². The maximum Gasteiger partial charge on any atom is 0.263 e. The maximum atomic E-state index is 12.6. The summed E-state index contributed by atoms with van der Waals surface area (Å²) in [4.78, 5) is 4.31. The molecule has 1 aliphatic heterocycles. The van der Waals surface area contributed by atoms with E-state index in [1.165, 1.54) is 7.11 Å². The molecule has 1 aliphatic rings. The van der Waals surface area contributed by atoms with Crippen molar-refractivity contribution in [2.45, 2.75) is 5.72 Å². The molecule has 0 amide bonds. The van der Waals surface area contributed by atoms with Gasteiger partial charge in [0.25, 0.3) is 5.72 Å². The van der Waals surface area contributed by atoms with Crippen LogP contribution < -0.4 is 14.5 Å². The highest BCUT2D eigenvalue weighted by Crippen LogP contribution is 2.42. The van der Waals surface area contributed by atoms with E-state index in [1.54, 1.807) is 48.5 Å².